The Morgan fingerprint density at radius 1 is 1.19 bits per heavy atom. The van der Waals surface area contributed by atoms with Crippen LogP contribution in [0.25, 0.3) is 0 Å². The monoisotopic (exact) mass is 368 g/mol. The van der Waals surface area contributed by atoms with E-state index in [0.29, 0.717) is 19.4 Å². The Morgan fingerprint density at radius 3 is 2.37 bits per heavy atom. The van der Waals surface area contributed by atoms with Crippen LogP contribution >= 0.6 is 0 Å². The van der Waals surface area contributed by atoms with E-state index in [0.717, 1.165) is 29.1 Å². The van der Waals surface area contributed by atoms with E-state index in [2.05, 4.69) is 34.6 Å². The summed E-state index contributed by atoms with van der Waals surface area (Å²) < 4.78 is 5.84. The van der Waals surface area contributed by atoms with Gasteiger partial charge in [-0.25, -0.2) is 0 Å². The summed E-state index contributed by atoms with van der Waals surface area (Å²) in [5.74, 6) is 0.447. The van der Waals surface area contributed by atoms with Gasteiger partial charge in [-0.05, 0) is 37.3 Å². The molecule has 0 bridgehead atoms. The molecule has 5 nitrogen and oxygen atoms in total. The molecule has 2 amide bonds. The molecule has 0 aliphatic carbocycles. The fraction of sp³-hybridized carbons (Fsp3) is 0.409. The number of nitrogens with zero attached hydrogens (tertiary/aromatic N) is 1. The maximum atomic E-state index is 12.0. The number of hydrogen-bond donors (Lipinski definition) is 1. The molecule has 5 heteroatoms. The Balaban J connectivity index is 1.94. The molecule has 27 heavy (non-hydrogen) atoms. The second-order valence-corrected chi connectivity index (χ2v) is 6.86. The number of nitrogens with one attached hydrogen (secondary N) is 1. The van der Waals surface area contributed by atoms with Crippen molar-refractivity contribution >= 4 is 12.3 Å². The van der Waals surface area contributed by atoms with Gasteiger partial charge in [0.2, 0.25) is 12.3 Å². The molecular weight excluding hydrogens is 340 g/mol. The second-order valence-electron chi connectivity index (χ2n) is 6.86. The number of benzene rings is 1. The van der Waals surface area contributed by atoms with Crippen molar-refractivity contribution in [2.24, 2.45) is 5.92 Å². The molecule has 1 aromatic carbocycles. The first-order valence-electron chi connectivity index (χ1n) is 9.35. The molecule has 2 aromatic rings. The standard InChI is InChI=1S/C22H28N2O3/c1-5-21(22(26)23-14-25)17(4)19-8-6-18(7-9-19)10-11-27-20-12-15(2)24-16(3)13-20/h6-9,12-14,17,21H,5,10-11H2,1-4H3,(H,23,25,26). The number of rotatable bonds is 9. The van der Waals surface area contributed by atoms with Crippen molar-refractivity contribution in [3.05, 3.63) is 58.9 Å². The quantitative estimate of drug-likeness (QED) is 0.685. The van der Waals surface area contributed by atoms with Gasteiger partial charge in [0.05, 0.1) is 6.61 Å². The largest absolute Gasteiger partial charge is 0.493 e. The first-order chi connectivity index (χ1) is 12.9. The van der Waals surface area contributed by atoms with Crippen molar-refractivity contribution in [2.75, 3.05) is 6.61 Å². The molecule has 2 atom stereocenters. The van der Waals surface area contributed by atoms with E-state index in [1.54, 1.807) is 0 Å². The van der Waals surface area contributed by atoms with Crippen LogP contribution in [0.15, 0.2) is 36.4 Å². The lowest BCUT2D eigenvalue weighted by Crippen LogP contribution is -2.32. The normalized spacial score (nSPS) is 12.9. The van der Waals surface area contributed by atoms with E-state index in [4.69, 9.17) is 4.74 Å². The van der Waals surface area contributed by atoms with E-state index in [9.17, 15) is 9.59 Å². The molecule has 1 N–H and O–H groups in total. The highest BCUT2D eigenvalue weighted by Gasteiger charge is 2.24. The maximum absolute atomic E-state index is 12.0. The zero-order valence-corrected chi connectivity index (χ0v) is 16.5. The Labute approximate surface area is 161 Å². The predicted octanol–water partition coefficient (Wildman–Crippen LogP) is 3.72. The molecule has 0 radical (unpaired) electrons. The van der Waals surface area contributed by atoms with Crippen molar-refractivity contribution in [1.82, 2.24) is 10.3 Å². The van der Waals surface area contributed by atoms with Gasteiger partial charge in [-0.1, -0.05) is 38.1 Å². The summed E-state index contributed by atoms with van der Waals surface area (Å²) in [4.78, 5) is 26.9. The molecule has 2 rings (SSSR count). The van der Waals surface area contributed by atoms with Crippen molar-refractivity contribution in [1.29, 1.82) is 0 Å². The Morgan fingerprint density at radius 2 is 1.81 bits per heavy atom. The summed E-state index contributed by atoms with van der Waals surface area (Å²) in [6.45, 7) is 8.49. The zero-order chi connectivity index (χ0) is 19.8. The van der Waals surface area contributed by atoms with Crippen LogP contribution in [0, 0.1) is 19.8 Å². The fourth-order valence-corrected chi connectivity index (χ4v) is 3.32. The highest BCUT2D eigenvalue weighted by atomic mass is 16.5. The van der Waals surface area contributed by atoms with E-state index < -0.39 is 0 Å². The van der Waals surface area contributed by atoms with Crippen molar-refractivity contribution < 1.29 is 14.3 Å². The summed E-state index contributed by atoms with van der Waals surface area (Å²) in [7, 11) is 0. The van der Waals surface area contributed by atoms with Gasteiger partial charge in [0.25, 0.3) is 0 Å². The first-order valence-corrected chi connectivity index (χ1v) is 9.35. The molecule has 0 saturated heterocycles. The predicted molar refractivity (Wildman–Crippen MR) is 106 cm³/mol. The lowest BCUT2D eigenvalue weighted by Gasteiger charge is -2.21. The molecule has 1 heterocycles. The molecule has 2 unspecified atom stereocenters. The molecule has 0 fully saturated rings. The van der Waals surface area contributed by atoms with Crippen molar-refractivity contribution in [2.45, 2.75) is 46.5 Å². The number of aromatic nitrogens is 1. The van der Waals surface area contributed by atoms with Crippen LogP contribution in [0.1, 0.15) is 48.7 Å². The molecule has 0 spiro atoms. The van der Waals surface area contributed by atoms with Gasteiger partial charge in [0.1, 0.15) is 5.75 Å². The SMILES string of the molecule is CCC(C(=O)NC=O)C(C)c1ccc(CCOc2cc(C)nc(C)c2)cc1. The summed E-state index contributed by atoms with van der Waals surface area (Å²) in [6, 6.07) is 12.1. The van der Waals surface area contributed by atoms with Gasteiger partial charge in [-0.15, -0.1) is 0 Å². The van der Waals surface area contributed by atoms with E-state index in [1.165, 1.54) is 5.56 Å². The fourth-order valence-electron chi connectivity index (χ4n) is 3.32. The van der Waals surface area contributed by atoms with Crippen LogP contribution < -0.4 is 10.1 Å². The highest BCUT2D eigenvalue weighted by molar-refractivity contribution is 5.88. The number of amides is 2. The molecule has 144 valence electrons. The first kappa shape index (κ1) is 20.6. The number of carbonyl (C=O) groups is 2. The lowest BCUT2D eigenvalue weighted by atomic mass is 9.85. The van der Waals surface area contributed by atoms with Crippen LogP contribution in [-0.2, 0) is 16.0 Å². The third-order valence-corrected chi connectivity index (χ3v) is 4.80. The van der Waals surface area contributed by atoms with Crippen molar-refractivity contribution in [3.8, 4) is 5.75 Å². The minimum absolute atomic E-state index is 0.0445. The van der Waals surface area contributed by atoms with Gasteiger partial charge in [-0.2, -0.15) is 0 Å². The van der Waals surface area contributed by atoms with Gasteiger partial charge < -0.3 is 4.74 Å². The number of aryl methyl sites for hydroxylation is 2. The van der Waals surface area contributed by atoms with Crippen LogP contribution in [0.2, 0.25) is 0 Å². The van der Waals surface area contributed by atoms with Crippen molar-refractivity contribution in [3.63, 3.8) is 0 Å². The average Bonchev–Trinajstić information content (AvgIpc) is 2.62. The molecular formula is C22H28N2O3. The second kappa shape index (κ2) is 9.86. The van der Waals surface area contributed by atoms with Gasteiger partial charge in [0.15, 0.2) is 0 Å². The average molecular weight is 368 g/mol. The Hall–Kier alpha value is -2.69. The number of carbonyl (C=O) groups excluding carboxylic acids is 2. The van der Waals surface area contributed by atoms with E-state index >= 15 is 0 Å². The molecule has 1 aromatic heterocycles. The summed E-state index contributed by atoms with van der Waals surface area (Å²) in [5, 5.41) is 2.27. The topological polar surface area (TPSA) is 68.3 Å². The van der Waals surface area contributed by atoms with Crippen LogP contribution in [-0.4, -0.2) is 23.9 Å². The molecule has 0 aliphatic heterocycles. The smallest absolute Gasteiger partial charge is 0.230 e. The lowest BCUT2D eigenvalue weighted by molar-refractivity contribution is -0.129. The summed E-state index contributed by atoms with van der Waals surface area (Å²) >= 11 is 0. The van der Waals surface area contributed by atoms with Gasteiger partial charge in [-0.3, -0.25) is 19.9 Å². The Kier molecular flexibility index (Phi) is 7.53. The minimum atomic E-state index is -0.222. The van der Waals surface area contributed by atoms with E-state index in [-0.39, 0.29) is 17.7 Å². The number of imide groups is 1. The van der Waals surface area contributed by atoms with Crippen LogP contribution in [0.3, 0.4) is 0 Å². The summed E-state index contributed by atoms with van der Waals surface area (Å²) in [6.07, 6.45) is 1.94. The number of ether oxygens (including phenoxy) is 1. The third kappa shape index (κ3) is 5.91. The number of hydrogen-bond acceptors (Lipinski definition) is 4. The molecule has 0 saturated carbocycles. The molecule has 0 aliphatic rings. The van der Waals surface area contributed by atoms with E-state index in [1.807, 2.05) is 39.8 Å². The minimum Gasteiger partial charge on any atom is -0.493 e. The van der Waals surface area contributed by atoms with Crippen LogP contribution in [0.5, 0.6) is 5.75 Å². The van der Waals surface area contributed by atoms with Gasteiger partial charge in [0, 0.05) is 35.9 Å². The highest BCUT2D eigenvalue weighted by Crippen LogP contribution is 2.27. The number of pyridine rings is 1. The summed E-state index contributed by atoms with van der Waals surface area (Å²) in [5.41, 5.74) is 4.17. The zero-order valence-electron chi connectivity index (χ0n) is 16.5. The Bertz CT molecular complexity index is 751. The van der Waals surface area contributed by atoms with Crippen LogP contribution in [0.4, 0.5) is 0 Å². The van der Waals surface area contributed by atoms with Gasteiger partial charge >= 0.3 is 0 Å². The third-order valence-electron chi connectivity index (χ3n) is 4.80. The maximum Gasteiger partial charge on any atom is 0.230 e.